The number of carbonyl (C=O) groups is 1. The van der Waals surface area contributed by atoms with Gasteiger partial charge in [-0.25, -0.2) is 9.48 Å². The third kappa shape index (κ3) is 2.26. The van der Waals surface area contributed by atoms with Crippen LogP contribution >= 0.6 is 0 Å². The normalized spacial score (nSPS) is 10.7. The zero-order valence-electron chi connectivity index (χ0n) is 11.7. The molecular weight excluding hydrogens is 240 g/mol. The SMILES string of the molecule is CCc1c(C)nn(-c2ccc(C(=O)O)c(C)c2)c1C. The second-order valence-corrected chi connectivity index (χ2v) is 4.72. The summed E-state index contributed by atoms with van der Waals surface area (Å²) >= 11 is 0. The molecule has 0 aliphatic carbocycles. The van der Waals surface area contributed by atoms with Crippen LogP contribution in [0.3, 0.4) is 0 Å². The Morgan fingerprint density at radius 2 is 2.00 bits per heavy atom. The zero-order chi connectivity index (χ0) is 14.2. The molecule has 0 spiro atoms. The topological polar surface area (TPSA) is 55.1 Å². The van der Waals surface area contributed by atoms with Crippen LogP contribution in [0.5, 0.6) is 0 Å². The van der Waals surface area contributed by atoms with E-state index in [0.29, 0.717) is 5.56 Å². The van der Waals surface area contributed by atoms with Crippen LogP contribution in [-0.4, -0.2) is 20.9 Å². The van der Waals surface area contributed by atoms with Crippen molar-refractivity contribution in [3.8, 4) is 5.69 Å². The van der Waals surface area contributed by atoms with E-state index in [1.807, 2.05) is 24.6 Å². The number of hydrogen-bond acceptors (Lipinski definition) is 2. The van der Waals surface area contributed by atoms with E-state index in [2.05, 4.69) is 12.0 Å². The number of aromatic carboxylic acids is 1. The van der Waals surface area contributed by atoms with Gasteiger partial charge in [0, 0.05) is 5.69 Å². The molecule has 2 aromatic rings. The number of aromatic nitrogens is 2. The maximum absolute atomic E-state index is 11.0. The van der Waals surface area contributed by atoms with Crippen LogP contribution in [0.2, 0.25) is 0 Å². The molecule has 0 bridgehead atoms. The third-order valence-corrected chi connectivity index (χ3v) is 3.48. The van der Waals surface area contributed by atoms with Gasteiger partial charge in [0.05, 0.1) is 16.9 Å². The Kier molecular flexibility index (Phi) is 3.42. The van der Waals surface area contributed by atoms with Crippen LogP contribution in [0, 0.1) is 20.8 Å². The molecule has 0 amide bonds. The van der Waals surface area contributed by atoms with E-state index in [4.69, 9.17) is 5.11 Å². The first kappa shape index (κ1) is 13.3. The van der Waals surface area contributed by atoms with Crippen LogP contribution in [-0.2, 0) is 6.42 Å². The van der Waals surface area contributed by atoms with Crippen molar-refractivity contribution >= 4 is 5.97 Å². The Bertz CT molecular complexity index is 642. The minimum absolute atomic E-state index is 0.334. The van der Waals surface area contributed by atoms with Gasteiger partial charge in [-0.05, 0) is 56.5 Å². The third-order valence-electron chi connectivity index (χ3n) is 3.48. The molecule has 0 unspecified atom stereocenters. The van der Waals surface area contributed by atoms with Gasteiger partial charge in [0.1, 0.15) is 0 Å². The van der Waals surface area contributed by atoms with Crippen LogP contribution in [0.1, 0.15) is 39.8 Å². The molecule has 1 aromatic heterocycles. The molecule has 2 rings (SSSR count). The number of hydrogen-bond donors (Lipinski definition) is 1. The van der Waals surface area contributed by atoms with E-state index in [9.17, 15) is 4.79 Å². The second-order valence-electron chi connectivity index (χ2n) is 4.72. The Hall–Kier alpha value is -2.10. The average Bonchev–Trinajstić information content (AvgIpc) is 2.63. The first-order valence-corrected chi connectivity index (χ1v) is 6.35. The van der Waals surface area contributed by atoms with E-state index < -0.39 is 5.97 Å². The van der Waals surface area contributed by atoms with E-state index in [-0.39, 0.29) is 0 Å². The maximum atomic E-state index is 11.0. The van der Waals surface area contributed by atoms with Crippen molar-refractivity contribution in [2.24, 2.45) is 0 Å². The lowest BCUT2D eigenvalue weighted by Crippen LogP contribution is -2.04. The first-order valence-electron chi connectivity index (χ1n) is 6.35. The van der Waals surface area contributed by atoms with Crippen LogP contribution in [0.25, 0.3) is 5.69 Å². The van der Waals surface area contributed by atoms with Gasteiger partial charge in [-0.3, -0.25) is 0 Å². The average molecular weight is 258 g/mol. The highest BCUT2D eigenvalue weighted by molar-refractivity contribution is 5.89. The van der Waals surface area contributed by atoms with Crippen molar-refractivity contribution < 1.29 is 9.90 Å². The van der Waals surface area contributed by atoms with Crippen molar-refractivity contribution in [1.82, 2.24) is 9.78 Å². The molecule has 0 fully saturated rings. The quantitative estimate of drug-likeness (QED) is 0.920. The van der Waals surface area contributed by atoms with E-state index in [0.717, 1.165) is 29.1 Å². The zero-order valence-corrected chi connectivity index (χ0v) is 11.7. The standard InChI is InChI=1S/C15H18N2O2/c1-5-13-10(3)16-17(11(13)4)12-6-7-14(15(18)19)9(2)8-12/h6-8H,5H2,1-4H3,(H,18,19). The summed E-state index contributed by atoms with van der Waals surface area (Å²) in [6.45, 7) is 7.96. The van der Waals surface area contributed by atoms with E-state index >= 15 is 0 Å². The molecule has 0 radical (unpaired) electrons. The van der Waals surface area contributed by atoms with Crippen LogP contribution in [0.4, 0.5) is 0 Å². The van der Waals surface area contributed by atoms with Gasteiger partial charge in [-0.1, -0.05) is 6.92 Å². The lowest BCUT2D eigenvalue weighted by atomic mass is 10.1. The largest absolute Gasteiger partial charge is 0.478 e. The van der Waals surface area contributed by atoms with Crippen molar-refractivity contribution in [1.29, 1.82) is 0 Å². The van der Waals surface area contributed by atoms with Crippen molar-refractivity contribution in [3.05, 3.63) is 46.3 Å². The Labute approximate surface area is 112 Å². The van der Waals surface area contributed by atoms with Gasteiger partial charge >= 0.3 is 5.97 Å². The highest BCUT2D eigenvalue weighted by Crippen LogP contribution is 2.20. The summed E-state index contributed by atoms with van der Waals surface area (Å²) in [5.41, 5.74) is 5.38. The highest BCUT2D eigenvalue weighted by Gasteiger charge is 2.13. The van der Waals surface area contributed by atoms with E-state index in [1.54, 1.807) is 19.1 Å². The summed E-state index contributed by atoms with van der Waals surface area (Å²) in [6, 6.07) is 5.30. The molecule has 1 heterocycles. The second kappa shape index (κ2) is 4.88. The monoisotopic (exact) mass is 258 g/mol. The number of carboxylic acid groups (broad SMARTS) is 1. The summed E-state index contributed by atoms with van der Waals surface area (Å²) in [5.74, 6) is -0.897. The summed E-state index contributed by atoms with van der Waals surface area (Å²) in [5, 5.41) is 13.6. The summed E-state index contributed by atoms with van der Waals surface area (Å²) in [7, 11) is 0. The lowest BCUT2D eigenvalue weighted by molar-refractivity contribution is 0.0696. The predicted octanol–water partition coefficient (Wildman–Crippen LogP) is 3.06. The first-order chi connectivity index (χ1) is 8.95. The number of carboxylic acids is 1. The molecule has 1 aromatic carbocycles. The molecule has 4 heteroatoms. The Balaban J connectivity index is 2.54. The van der Waals surface area contributed by atoms with Gasteiger partial charge in [-0.15, -0.1) is 0 Å². The minimum Gasteiger partial charge on any atom is -0.478 e. The maximum Gasteiger partial charge on any atom is 0.335 e. The van der Waals surface area contributed by atoms with Gasteiger partial charge in [-0.2, -0.15) is 5.10 Å². The molecule has 0 saturated carbocycles. The predicted molar refractivity (Wildman–Crippen MR) is 74.1 cm³/mol. The lowest BCUT2D eigenvalue weighted by Gasteiger charge is -2.08. The summed E-state index contributed by atoms with van der Waals surface area (Å²) < 4.78 is 1.88. The smallest absolute Gasteiger partial charge is 0.335 e. The molecule has 4 nitrogen and oxygen atoms in total. The number of rotatable bonds is 3. The summed E-state index contributed by atoms with van der Waals surface area (Å²) in [4.78, 5) is 11.0. The Morgan fingerprint density at radius 3 is 2.47 bits per heavy atom. The molecule has 1 N–H and O–H groups in total. The van der Waals surface area contributed by atoms with Gasteiger partial charge in [0.25, 0.3) is 0 Å². The van der Waals surface area contributed by atoms with E-state index in [1.165, 1.54) is 5.56 Å². The number of benzene rings is 1. The highest BCUT2D eigenvalue weighted by atomic mass is 16.4. The number of nitrogens with zero attached hydrogens (tertiary/aromatic N) is 2. The van der Waals surface area contributed by atoms with Crippen molar-refractivity contribution in [3.63, 3.8) is 0 Å². The van der Waals surface area contributed by atoms with Crippen molar-refractivity contribution in [2.75, 3.05) is 0 Å². The molecule has 0 atom stereocenters. The van der Waals surface area contributed by atoms with Gasteiger partial charge in [0.15, 0.2) is 0 Å². The molecule has 100 valence electrons. The van der Waals surface area contributed by atoms with Crippen LogP contribution < -0.4 is 0 Å². The van der Waals surface area contributed by atoms with Gasteiger partial charge < -0.3 is 5.11 Å². The Morgan fingerprint density at radius 1 is 1.32 bits per heavy atom. The fraction of sp³-hybridized carbons (Fsp3) is 0.333. The molecule has 19 heavy (non-hydrogen) atoms. The van der Waals surface area contributed by atoms with Crippen molar-refractivity contribution in [2.45, 2.75) is 34.1 Å². The number of aryl methyl sites for hydroxylation is 2. The molecule has 0 aliphatic heterocycles. The molecule has 0 aliphatic rings. The molecular formula is C15H18N2O2. The van der Waals surface area contributed by atoms with Gasteiger partial charge in [0.2, 0.25) is 0 Å². The molecule has 0 saturated heterocycles. The van der Waals surface area contributed by atoms with Crippen LogP contribution in [0.15, 0.2) is 18.2 Å². The minimum atomic E-state index is -0.897. The fourth-order valence-electron chi connectivity index (χ4n) is 2.46. The summed E-state index contributed by atoms with van der Waals surface area (Å²) in [6.07, 6.45) is 0.948. The fourth-order valence-corrected chi connectivity index (χ4v) is 2.46.